The number of nitrogens with zero attached hydrogens (tertiary/aromatic N) is 5. The molecular weight excluding hydrogens is 302 g/mol. The van der Waals surface area contributed by atoms with E-state index in [1.54, 1.807) is 30.7 Å². The monoisotopic (exact) mass is 315 g/mol. The molecular formula is C18H13N5O. The fourth-order valence-corrected chi connectivity index (χ4v) is 2.55. The molecule has 4 aromatic heterocycles. The van der Waals surface area contributed by atoms with Crippen molar-refractivity contribution in [3.63, 3.8) is 0 Å². The Morgan fingerprint density at radius 1 is 0.833 bits per heavy atom. The van der Waals surface area contributed by atoms with Crippen LogP contribution in [0.4, 0.5) is 0 Å². The van der Waals surface area contributed by atoms with Crippen molar-refractivity contribution in [1.82, 2.24) is 24.7 Å². The van der Waals surface area contributed by atoms with Crippen LogP contribution in [-0.2, 0) is 6.54 Å². The van der Waals surface area contributed by atoms with Gasteiger partial charge in [-0.3, -0.25) is 19.7 Å². The molecule has 0 saturated heterocycles. The van der Waals surface area contributed by atoms with E-state index in [0.29, 0.717) is 28.8 Å². The van der Waals surface area contributed by atoms with Crippen molar-refractivity contribution >= 4 is 10.9 Å². The standard InChI is InChI=1S/C18H13N5O/c24-18-14-7-5-11-21-16(14)17(15-8-2-4-10-20-15)22-23(18)12-13-6-1-3-9-19-13/h1-11H,12H2. The minimum atomic E-state index is -0.191. The lowest BCUT2D eigenvalue weighted by Crippen LogP contribution is -2.25. The molecule has 0 atom stereocenters. The van der Waals surface area contributed by atoms with Crippen molar-refractivity contribution in [2.75, 3.05) is 0 Å². The van der Waals surface area contributed by atoms with Crippen LogP contribution in [0.5, 0.6) is 0 Å². The Hall–Kier alpha value is -3.41. The van der Waals surface area contributed by atoms with Crippen molar-refractivity contribution in [2.24, 2.45) is 0 Å². The molecule has 0 N–H and O–H groups in total. The number of pyridine rings is 3. The minimum Gasteiger partial charge on any atom is -0.267 e. The second kappa shape index (κ2) is 6.00. The third-order valence-electron chi connectivity index (χ3n) is 3.66. The van der Waals surface area contributed by atoms with E-state index in [0.717, 1.165) is 5.69 Å². The molecule has 0 amide bonds. The zero-order valence-electron chi connectivity index (χ0n) is 12.7. The van der Waals surface area contributed by atoms with Crippen LogP contribution in [0.25, 0.3) is 22.3 Å². The molecule has 6 nitrogen and oxygen atoms in total. The summed E-state index contributed by atoms with van der Waals surface area (Å²) in [6.45, 7) is 0.296. The fourth-order valence-electron chi connectivity index (χ4n) is 2.55. The molecule has 0 fully saturated rings. The van der Waals surface area contributed by atoms with Crippen molar-refractivity contribution in [1.29, 1.82) is 0 Å². The van der Waals surface area contributed by atoms with Crippen LogP contribution in [0, 0.1) is 0 Å². The highest BCUT2D eigenvalue weighted by atomic mass is 16.1. The summed E-state index contributed by atoms with van der Waals surface area (Å²) >= 11 is 0. The average molecular weight is 315 g/mol. The number of hydrogen-bond donors (Lipinski definition) is 0. The van der Waals surface area contributed by atoms with E-state index in [9.17, 15) is 4.79 Å². The normalized spacial score (nSPS) is 10.8. The Labute approximate surface area is 137 Å². The number of aromatic nitrogens is 5. The lowest BCUT2D eigenvalue weighted by atomic mass is 10.2. The summed E-state index contributed by atoms with van der Waals surface area (Å²) < 4.78 is 1.41. The second-order valence-corrected chi connectivity index (χ2v) is 5.25. The van der Waals surface area contributed by atoms with E-state index < -0.39 is 0 Å². The Kier molecular flexibility index (Phi) is 3.55. The highest BCUT2D eigenvalue weighted by Gasteiger charge is 2.14. The molecule has 0 aromatic carbocycles. The van der Waals surface area contributed by atoms with Crippen molar-refractivity contribution in [3.8, 4) is 11.4 Å². The van der Waals surface area contributed by atoms with Gasteiger partial charge in [-0.05, 0) is 36.4 Å². The van der Waals surface area contributed by atoms with Crippen LogP contribution >= 0.6 is 0 Å². The smallest absolute Gasteiger partial charge is 0.267 e. The summed E-state index contributed by atoms with van der Waals surface area (Å²) in [7, 11) is 0. The van der Waals surface area contributed by atoms with Gasteiger partial charge in [0.2, 0.25) is 0 Å². The van der Waals surface area contributed by atoms with Gasteiger partial charge in [-0.2, -0.15) is 5.10 Å². The molecule has 4 rings (SSSR count). The van der Waals surface area contributed by atoms with Crippen LogP contribution < -0.4 is 5.56 Å². The molecule has 0 unspecified atom stereocenters. The molecule has 0 saturated carbocycles. The zero-order chi connectivity index (χ0) is 16.4. The molecule has 0 spiro atoms. The molecule has 0 radical (unpaired) electrons. The summed E-state index contributed by atoms with van der Waals surface area (Å²) in [5.74, 6) is 0. The topological polar surface area (TPSA) is 73.6 Å². The minimum absolute atomic E-state index is 0.191. The van der Waals surface area contributed by atoms with Crippen LogP contribution in [0.1, 0.15) is 5.69 Å². The van der Waals surface area contributed by atoms with Gasteiger partial charge in [-0.15, -0.1) is 0 Å². The van der Waals surface area contributed by atoms with Crippen molar-refractivity contribution in [3.05, 3.63) is 83.2 Å². The molecule has 0 aliphatic rings. The summed E-state index contributed by atoms with van der Waals surface area (Å²) in [5.41, 5.74) is 2.39. The third kappa shape index (κ3) is 2.54. The van der Waals surface area contributed by atoms with E-state index >= 15 is 0 Å². The maximum absolute atomic E-state index is 12.7. The Morgan fingerprint density at radius 3 is 2.38 bits per heavy atom. The number of rotatable bonds is 3. The van der Waals surface area contributed by atoms with Gasteiger partial charge in [-0.25, -0.2) is 4.68 Å². The number of hydrogen-bond acceptors (Lipinski definition) is 5. The molecule has 0 aliphatic carbocycles. The van der Waals surface area contributed by atoms with Crippen LogP contribution in [0.3, 0.4) is 0 Å². The quantitative estimate of drug-likeness (QED) is 0.580. The van der Waals surface area contributed by atoms with Gasteiger partial charge in [0.15, 0.2) is 0 Å². The summed E-state index contributed by atoms with van der Waals surface area (Å²) in [4.78, 5) is 25.7. The fraction of sp³-hybridized carbons (Fsp3) is 0.0556. The lowest BCUT2D eigenvalue weighted by molar-refractivity contribution is 0.638. The molecule has 4 aromatic rings. The first-order valence-corrected chi connectivity index (χ1v) is 7.50. The SMILES string of the molecule is O=c1c2cccnc2c(-c2ccccn2)nn1Cc1ccccn1. The molecule has 0 aliphatic heterocycles. The van der Waals surface area contributed by atoms with Crippen LogP contribution in [0.2, 0.25) is 0 Å². The first kappa shape index (κ1) is 14.2. The van der Waals surface area contributed by atoms with Gasteiger partial charge in [0.1, 0.15) is 11.2 Å². The number of fused-ring (bicyclic) bond motifs is 1. The molecule has 116 valence electrons. The van der Waals surface area contributed by atoms with Crippen molar-refractivity contribution in [2.45, 2.75) is 6.54 Å². The molecule has 6 heteroatoms. The Morgan fingerprint density at radius 2 is 1.62 bits per heavy atom. The highest BCUT2D eigenvalue weighted by Crippen LogP contribution is 2.20. The van der Waals surface area contributed by atoms with Crippen LogP contribution in [0.15, 0.2) is 71.9 Å². The summed E-state index contributed by atoms with van der Waals surface area (Å²) in [6.07, 6.45) is 5.04. The van der Waals surface area contributed by atoms with Gasteiger partial charge >= 0.3 is 0 Å². The predicted molar refractivity (Wildman–Crippen MR) is 90.4 cm³/mol. The average Bonchev–Trinajstić information content (AvgIpc) is 2.66. The van der Waals surface area contributed by atoms with E-state index in [4.69, 9.17) is 0 Å². The van der Waals surface area contributed by atoms with Gasteiger partial charge < -0.3 is 0 Å². The van der Waals surface area contributed by atoms with E-state index in [1.165, 1.54) is 4.68 Å². The first-order valence-electron chi connectivity index (χ1n) is 7.50. The van der Waals surface area contributed by atoms with Gasteiger partial charge in [0, 0.05) is 18.6 Å². The maximum Gasteiger partial charge on any atom is 0.276 e. The second-order valence-electron chi connectivity index (χ2n) is 5.25. The van der Waals surface area contributed by atoms with E-state index in [1.807, 2.05) is 36.4 Å². The summed E-state index contributed by atoms with van der Waals surface area (Å²) in [5, 5.41) is 5.02. The predicted octanol–water partition coefficient (Wildman–Crippen LogP) is 2.30. The zero-order valence-corrected chi connectivity index (χ0v) is 12.7. The summed E-state index contributed by atoms with van der Waals surface area (Å²) in [6, 6.07) is 14.7. The van der Waals surface area contributed by atoms with Gasteiger partial charge in [0.05, 0.1) is 23.3 Å². The van der Waals surface area contributed by atoms with E-state index in [2.05, 4.69) is 20.1 Å². The largest absolute Gasteiger partial charge is 0.276 e. The highest BCUT2D eigenvalue weighted by molar-refractivity contribution is 5.89. The van der Waals surface area contributed by atoms with E-state index in [-0.39, 0.29) is 5.56 Å². The van der Waals surface area contributed by atoms with Crippen molar-refractivity contribution < 1.29 is 0 Å². The van der Waals surface area contributed by atoms with Crippen LogP contribution in [-0.4, -0.2) is 24.7 Å². The Balaban J connectivity index is 1.95. The molecule has 0 bridgehead atoms. The maximum atomic E-state index is 12.7. The third-order valence-corrected chi connectivity index (χ3v) is 3.66. The molecule has 24 heavy (non-hydrogen) atoms. The first-order chi connectivity index (χ1) is 11.8. The Bertz CT molecular complexity index is 1050. The van der Waals surface area contributed by atoms with Gasteiger partial charge in [0.25, 0.3) is 5.56 Å². The lowest BCUT2D eigenvalue weighted by Gasteiger charge is -2.09. The van der Waals surface area contributed by atoms with Gasteiger partial charge in [-0.1, -0.05) is 12.1 Å². The molecule has 4 heterocycles.